The van der Waals surface area contributed by atoms with Gasteiger partial charge in [-0.3, -0.25) is 9.10 Å². The highest BCUT2D eigenvalue weighted by Crippen LogP contribution is 2.37. The van der Waals surface area contributed by atoms with Crippen LogP contribution in [0.2, 0.25) is 0 Å². The Bertz CT molecular complexity index is 956. The van der Waals surface area contributed by atoms with Crippen molar-refractivity contribution in [3.05, 3.63) is 53.6 Å². The Morgan fingerprint density at radius 2 is 1.96 bits per heavy atom. The minimum atomic E-state index is -3.84. The Morgan fingerprint density at radius 3 is 2.67 bits per heavy atom. The van der Waals surface area contributed by atoms with Crippen molar-refractivity contribution in [2.75, 3.05) is 17.4 Å². The summed E-state index contributed by atoms with van der Waals surface area (Å²) in [6, 6.07) is 12.1. The summed E-state index contributed by atoms with van der Waals surface area (Å²) in [6.45, 7) is 6.10. The van der Waals surface area contributed by atoms with E-state index in [0.29, 0.717) is 23.5 Å². The van der Waals surface area contributed by atoms with Crippen molar-refractivity contribution in [3.63, 3.8) is 0 Å². The topological polar surface area (TPSA) is 75.7 Å². The lowest BCUT2D eigenvalue weighted by atomic mass is 10.2. The molecule has 7 heteroatoms. The van der Waals surface area contributed by atoms with Gasteiger partial charge in [-0.25, -0.2) is 8.42 Å². The first kappa shape index (κ1) is 19.2. The van der Waals surface area contributed by atoms with Crippen LogP contribution in [0.3, 0.4) is 0 Å². The van der Waals surface area contributed by atoms with E-state index in [1.165, 1.54) is 4.31 Å². The number of aryl methyl sites for hydroxylation is 2. The molecule has 0 aromatic heterocycles. The Labute approximate surface area is 160 Å². The first-order chi connectivity index (χ1) is 12.8. The van der Waals surface area contributed by atoms with Crippen LogP contribution in [0, 0.1) is 13.8 Å². The van der Waals surface area contributed by atoms with Crippen molar-refractivity contribution in [1.29, 1.82) is 0 Å². The van der Waals surface area contributed by atoms with Gasteiger partial charge < -0.3 is 10.1 Å². The number of nitrogens with one attached hydrogen (secondary N) is 1. The fourth-order valence-corrected chi connectivity index (χ4v) is 4.82. The minimum Gasteiger partial charge on any atom is -0.476 e. The molecule has 0 aliphatic carbocycles. The van der Waals surface area contributed by atoms with Crippen LogP contribution in [-0.4, -0.2) is 33.5 Å². The molecule has 1 aliphatic heterocycles. The third kappa shape index (κ3) is 3.78. The van der Waals surface area contributed by atoms with E-state index >= 15 is 0 Å². The van der Waals surface area contributed by atoms with E-state index in [2.05, 4.69) is 5.32 Å². The highest BCUT2D eigenvalue weighted by molar-refractivity contribution is 7.92. The standard InChI is InChI=1S/C20H24N2O4S/c1-4-11-21-20(23)18-13-22(16-7-5-6-8-17(16)26-18)27(24,25)19-10-9-14(2)12-15(19)3/h5-10,12,18H,4,11,13H2,1-3H3,(H,21,23)/t18-/m1/s1. The van der Waals surface area contributed by atoms with E-state index in [4.69, 9.17) is 4.74 Å². The average molecular weight is 388 g/mol. The number of carbonyl (C=O) groups excluding carboxylic acids is 1. The molecule has 0 radical (unpaired) electrons. The van der Waals surface area contributed by atoms with Crippen LogP contribution >= 0.6 is 0 Å². The van der Waals surface area contributed by atoms with Gasteiger partial charge >= 0.3 is 0 Å². The van der Waals surface area contributed by atoms with E-state index in [9.17, 15) is 13.2 Å². The third-order valence-corrected chi connectivity index (χ3v) is 6.41. The fourth-order valence-electron chi connectivity index (χ4n) is 3.14. The molecule has 0 saturated carbocycles. The third-order valence-electron chi connectivity index (χ3n) is 4.47. The van der Waals surface area contributed by atoms with Crippen molar-refractivity contribution < 1.29 is 17.9 Å². The zero-order valence-corrected chi connectivity index (χ0v) is 16.5. The normalized spacial score (nSPS) is 16.4. The molecule has 0 bridgehead atoms. The van der Waals surface area contributed by atoms with Gasteiger partial charge in [0.25, 0.3) is 15.9 Å². The predicted molar refractivity (Wildman–Crippen MR) is 105 cm³/mol. The molecule has 27 heavy (non-hydrogen) atoms. The SMILES string of the molecule is CCCNC(=O)[C@H]1CN(S(=O)(=O)c2ccc(C)cc2C)c2ccccc2O1. The van der Waals surface area contributed by atoms with Gasteiger partial charge in [0.1, 0.15) is 5.75 Å². The summed E-state index contributed by atoms with van der Waals surface area (Å²) in [4.78, 5) is 12.7. The van der Waals surface area contributed by atoms with Crippen molar-refractivity contribution in [3.8, 4) is 5.75 Å². The molecule has 0 fully saturated rings. The average Bonchev–Trinajstić information content (AvgIpc) is 2.64. The Kier molecular flexibility index (Phi) is 5.41. The second-order valence-corrected chi connectivity index (χ2v) is 8.50. The number of para-hydroxylation sites is 2. The number of hydrogen-bond donors (Lipinski definition) is 1. The number of rotatable bonds is 5. The summed E-state index contributed by atoms with van der Waals surface area (Å²) in [5.74, 6) is 0.0703. The Balaban J connectivity index is 2.03. The minimum absolute atomic E-state index is 0.0673. The van der Waals surface area contributed by atoms with Crippen molar-refractivity contribution in [1.82, 2.24) is 5.32 Å². The lowest BCUT2D eigenvalue weighted by Gasteiger charge is -2.35. The van der Waals surface area contributed by atoms with Crippen molar-refractivity contribution >= 4 is 21.6 Å². The molecule has 6 nitrogen and oxygen atoms in total. The molecule has 0 spiro atoms. The number of benzene rings is 2. The molecule has 1 N–H and O–H groups in total. The summed E-state index contributed by atoms with van der Waals surface area (Å²) in [7, 11) is -3.84. The lowest BCUT2D eigenvalue weighted by molar-refractivity contribution is -0.127. The monoisotopic (exact) mass is 388 g/mol. The molecular weight excluding hydrogens is 364 g/mol. The zero-order valence-electron chi connectivity index (χ0n) is 15.7. The molecule has 1 atom stereocenters. The second-order valence-electron chi connectivity index (χ2n) is 6.67. The smallest absolute Gasteiger partial charge is 0.264 e. The van der Waals surface area contributed by atoms with E-state index < -0.39 is 16.1 Å². The molecule has 1 amide bonds. The molecule has 0 saturated heterocycles. The van der Waals surface area contributed by atoms with Crippen LogP contribution in [0.5, 0.6) is 5.75 Å². The van der Waals surface area contributed by atoms with Crippen LogP contribution in [0.4, 0.5) is 5.69 Å². The van der Waals surface area contributed by atoms with Crippen LogP contribution < -0.4 is 14.4 Å². The number of ether oxygens (including phenoxy) is 1. The maximum atomic E-state index is 13.4. The van der Waals surface area contributed by atoms with Gasteiger partial charge in [0.15, 0.2) is 6.10 Å². The van der Waals surface area contributed by atoms with Gasteiger partial charge in [-0.2, -0.15) is 0 Å². The van der Waals surface area contributed by atoms with Crippen LogP contribution in [0.1, 0.15) is 24.5 Å². The molecule has 3 rings (SSSR count). The molecule has 144 valence electrons. The molecule has 0 unspecified atom stereocenters. The highest BCUT2D eigenvalue weighted by Gasteiger charge is 2.37. The van der Waals surface area contributed by atoms with Crippen LogP contribution in [0.25, 0.3) is 0 Å². The van der Waals surface area contributed by atoms with E-state index in [1.54, 1.807) is 43.3 Å². The molecule has 1 heterocycles. The Hall–Kier alpha value is -2.54. The van der Waals surface area contributed by atoms with Crippen molar-refractivity contribution in [2.45, 2.75) is 38.2 Å². The molecular formula is C20H24N2O4S. The van der Waals surface area contributed by atoms with Crippen molar-refractivity contribution in [2.24, 2.45) is 0 Å². The molecule has 2 aromatic carbocycles. The molecule has 2 aromatic rings. The first-order valence-corrected chi connectivity index (χ1v) is 10.4. The lowest BCUT2D eigenvalue weighted by Crippen LogP contribution is -2.50. The Morgan fingerprint density at radius 1 is 1.22 bits per heavy atom. The number of anilines is 1. The zero-order chi connectivity index (χ0) is 19.6. The number of hydrogen-bond acceptors (Lipinski definition) is 4. The quantitative estimate of drug-likeness (QED) is 0.855. The van der Waals surface area contributed by atoms with Gasteiger partial charge in [0.05, 0.1) is 17.1 Å². The summed E-state index contributed by atoms with van der Waals surface area (Å²) < 4.78 is 33.9. The van der Waals surface area contributed by atoms with Crippen LogP contribution in [-0.2, 0) is 14.8 Å². The number of sulfonamides is 1. The maximum Gasteiger partial charge on any atom is 0.264 e. The highest BCUT2D eigenvalue weighted by atomic mass is 32.2. The van der Waals surface area contributed by atoms with Gasteiger partial charge in [0, 0.05) is 6.54 Å². The fraction of sp³-hybridized carbons (Fsp3) is 0.350. The second kappa shape index (κ2) is 7.60. The van der Waals surface area contributed by atoms with E-state index in [0.717, 1.165) is 12.0 Å². The largest absolute Gasteiger partial charge is 0.476 e. The van der Waals surface area contributed by atoms with E-state index in [1.807, 2.05) is 19.9 Å². The summed E-state index contributed by atoms with van der Waals surface area (Å²) in [5, 5.41) is 2.78. The van der Waals surface area contributed by atoms with Gasteiger partial charge in [-0.1, -0.05) is 36.8 Å². The van der Waals surface area contributed by atoms with Gasteiger partial charge in [-0.05, 0) is 44.0 Å². The van der Waals surface area contributed by atoms with E-state index in [-0.39, 0.29) is 17.3 Å². The number of amides is 1. The summed E-state index contributed by atoms with van der Waals surface area (Å²) >= 11 is 0. The molecule has 1 aliphatic rings. The number of fused-ring (bicyclic) bond motifs is 1. The van der Waals surface area contributed by atoms with Gasteiger partial charge in [0.2, 0.25) is 0 Å². The predicted octanol–water partition coefficient (Wildman–Crippen LogP) is 2.79. The number of nitrogens with zero attached hydrogens (tertiary/aromatic N) is 1. The maximum absolute atomic E-state index is 13.4. The van der Waals surface area contributed by atoms with Gasteiger partial charge in [-0.15, -0.1) is 0 Å². The number of carbonyl (C=O) groups is 1. The first-order valence-electron chi connectivity index (χ1n) is 8.98. The van der Waals surface area contributed by atoms with Crippen LogP contribution in [0.15, 0.2) is 47.4 Å². The summed E-state index contributed by atoms with van der Waals surface area (Å²) in [5.41, 5.74) is 2.11. The summed E-state index contributed by atoms with van der Waals surface area (Å²) in [6.07, 6.45) is -0.105.